The van der Waals surface area contributed by atoms with Crippen LogP contribution in [0.5, 0.6) is 0 Å². The van der Waals surface area contributed by atoms with Crippen LogP contribution >= 0.6 is 27.7 Å². The van der Waals surface area contributed by atoms with Crippen LogP contribution < -0.4 is 0 Å². The second-order valence-corrected chi connectivity index (χ2v) is 4.19. The van der Waals surface area contributed by atoms with Gasteiger partial charge in [-0.15, -0.1) is 0 Å². The molecule has 1 rings (SSSR count). The average Bonchev–Trinajstić information content (AvgIpc) is 2.07. The summed E-state index contributed by atoms with van der Waals surface area (Å²) in [5, 5.41) is 0. The molecule has 0 aliphatic carbocycles. The van der Waals surface area contributed by atoms with Gasteiger partial charge in [-0.25, -0.2) is 9.97 Å². The Morgan fingerprint density at radius 2 is 2.42 bits per heavy atom. The van der Waals surface area contributed by atoms with Crippen molar-refractivity contribution in [1.29, 1.82) is 0 Å². The van der Waals surface area contributed by atoms with E-state index in [2.05, 4.69) is 25.9 Å². The Morgan fingerprint density at radius 3 is 3.00 bits per heavy atom. The number of aromatic nitrogens is 2. The first-order valence-corrected chi connectivity index (χ1v) is 5.43. The summed E-state index contributed by atoms with van der Waals surface area (Å²) < 4.78 is 13.1. The summed E-state index contributed by atoms with van der Waals surface area (Å²) in [6.45, 7) is 2.04. The quantitative estimate of drug-likeness (QED) is 0.772. The fourth-order valence-electron chi connectivity index (χ4n) is 0.643. The van der Waals surface area contributed by atoms with E-state index in [1.54, 1.807) is 11.8 Å². The van der Waals surface area contributed by atoms with Crippen molar-refractivity contribution < 1.29 is 4.39 Å². The molecule has 0 amide bonds. The molecule has 1 aromatic heterocycles. The third-order valence-corrected chi connectivity index (χ3v) is 2.59. The van der Waals surface area contributed by atoms with Crippen molar-refractivity contribution in [3.8, 4) is 0 Å². The minimum atomic E-state index is -0.489. The lowest BCUT2D eigenvalue weighted by Crippen LogP contribution is -1.96. The Balaban J connectivity index is 2.69. The highest BCUT2D eigenvalue weighted by molar-refractivity contribution is 9.10. The number of nitrogens with zero attached hydrogens (tertiary/aromatic N) is 2. The van der Waals surface area contributed by atoms with E-state index >= 15 is 0 Å². The zero-order chi connectivity index (χ0) is 8.97. The van der Waals surface area contributed by atoms with Gasteiger partial charge in [0, 0.05) is 6.20 Å². The van der Waals surface area contributed by atoms with Crippen LogP contribution in [-0.4, -0.2) is 15.7 Å². The third kappa shape index (κ3) is 2.71. The third-order valence-electron chi connectivity index (χ3n) is 1.19. The summed E-state index contributed by atoms with van der Waals surface area (Å²) in [4.78, 5) is 7.62. The molecule has 0 fully saturated rings. The Morgan fingerprint density at radius 1 is 1.67 bits per heavy atom. The molecule has 0 aliphatic heterocycles. The van der Waals surface area contributed by atoms with Crippen LogP contribution in [0.25, 0.3) is 0 Å². The zero-order valence-electron chi connectivity index (χ0n) is 6.55. The van der Waals surface area contributed by atoms with Crippen LogP contribution in [0.3, 0.4) is 0 Å². The van der Waals surface area contributed by atoms with Gasteiger partial charge in [-0.3, -0.25) is 0 Å². The van der Waals surface area contributed by atoms with Crippen molar-refractivity contribution in [3.05, 3.63) is 22.4 Å². The first kappa shape index (κ1) is 9.92. The molecule has 0 saturated carbocycles. The van der Waals surface area contributed by atoms with Gasteiger partial charge in [-0.2, -0.15) is 16.2 Å². The van der Waals surface area contributed by atoms with Crippen molar-refractivity contribution in [1.82, 2.24) is 9.97 Å². The molecule has 0 atom stereocenters. The Kier molecular flexibility index (Phi) is 3.94. The molecule has 0 radical (unpaired) electrons. The van der Waals surface area contributed by atoms with Crippen LogP contribution in [0.2, 0.25) is 0 Å². The smallest absolute Gasteiger partial charge is 0.230 e. The van der Waals surface area contributed by atoms with Gasteiger partial charge in [0.2, 0.25) is 5.95 Å². The van der Waals surface area contributed by atoms with E-state index in [0.29, 0.717) is 16.0 Å². The molecular formula is C7H8BrFN2S. The summed E-state index contributed by atoms with van der Waals surface area (Å²) in [6, 6.07) is 0. The summed E-state index contributed by atoms with van der Waals surface area (Å²) in [5.74, 6) is 1.71. The van der Waals surface area contributed by atoms with Gasteiger partial charge in [0.15, 0.2) is 0 Å². The largest absolute Gasteiger partial charge is 0.239 e. The van der Waals surface area contributed by atoms with Crippen molar-refractivity contribution in [2.24, 2.45) is 0 Å². The van der Waals surface area contributed by atoms with E-state index in [0.717, 1.165) is 5.75 Å². The predicted molar refractivity (Wildman–Crippen MR) is 51.5 cm³/mol. The highest BCUT2D eigenvalue weighted by atomic mass is 79.9. The van der Waals surface area contributed by atoms with Gasteiger partial charge < -0.3 is 0 Å². The molecule has 0 saturated heterocycles. The molecule has 1 aromatic rings. The van der Waals surface area contributed by atoms with Crippen molar-refractivity contribution in [3.63, 3.8) is 0 Å². The number of hydrogen-bond donors (Lipinski definition) is 0. The SMILES string of the molecule is CCSCc1ncc(Br)c(F)n1. The maximum atomic E-state index is 12.8. The molecule has 66 valence electrons. The number of thioether (sulfide) groups is 1. The summed E-state index contributed by atoms with van der Waals surface area (Å²) >= 11 is 4.66. The van der Waals surface area contributed by atoms with Crippen molar-refractivity contribution >= 4 is 27.7 Å². The molecule has 12 heavy (non-hydrogen) atoms. The van der Waals surface area contributed by atoms with Gasteiger partial charge in [-0.05, 0) is 21.7 Å². The van der Waals surface area contributed by atoms with E-state index in [4.69, 9.17) is 0 Å². The lowest BCUT2D eigenvalue weighted by molar-refractivity contribution is 0.566. The summed E-state index contributed by atoms with van der Waals surface area (Å²) in [7, 11) is 0. The summed E-state index contributed by atoms with van der Waals surface area (Å²) in [6.07, 6.45) is 1.44. The number of rotatable bonds is 3. The van der Waals surface area contributed by atoms with Gasteiger partial charge in [0.25, 0.3) is 0 Å². The lowest BCUT2D eigenvalue weighted by atomic mass is 10.6. The Hall–Kier alpha value is -0.160. The number of halogens is 2. The fourth-order valence-corrected chi connectivity index (χ4v) is 1.36. The highest BCUT2D eigenvalue weighted by Crippen LogP contribution is 2.13. The van der Waals surface area contributed by atoms with E-state index in [9.17, 15) is 4.39 Å². The molecule has 0 N–H and O–H groups in total. The monoisotopic (exact) mass is 250 g/mol. The predicted octanol–water partition coefficient (Wildman–Crippen LogP) is 2.63. The van der Waals surface area contributed by atoms with Crippen LogP contribution in [0.1, 0.15) is 12.7 Å². The zero-order valence-corrected chi connectivity index (χ0v) is 8.95. The minimum absolute atomic E-state index is 0.313. The van der Waals surface area contributed by atoms with E-state index in [1.807, 2.05) is 6.92 Å². The Labute approximate surface area is 83.1 Å². The second-order valence-electron chi connectivity index (χ2n) is 2.06. The molecule has 5 heteroatoms. The van der Waals surface area contributed by atoms with E-state index in [-0.39, 0.29) is 0 Å². The lowest BCUT2D eigenvalue weighted by Gasteiger charge is -1.98. The van der Waals surface area contributed by atoms with Crippen LogP contribution in [0, 0.1) is 5.95 Å². The van der Waals surface area contributed by atoms with Gasteiger partial charge in [0.1, 0.15) is 5.82 Å². The van der Waals surface area contributed by atoms with E-state index in [1.165, 1.54) is 6.20 Å². The molecule has 1 heterocycles. The van der Waals surface area contributed by atoms with Crippen molar-refractivity contribution in [2.75, 3.05) is 5.75 Å². The first-order chi connectivity index (χ1) is 5.74. The molecule has 0 unspecified atom stereocenters. The fraction of sp³-hybridized carbons (Fsp3) is 0.429. The molecule has 0 aromatic carbocycles. The molecule has 2 nitrogen and oxygen atoms in total. The van der Waals surface area contributed by atoms with Gasteiger partial charge in [0.05, 0.1) is 10.2 Å². The molecule has 0 aliphatic rings. The number of hydrogen-bond acceptors (Lipinski definition) is 3. The van der Waals surface area contributed by atoms with Crippen LogP contribution in [-0.2, 0) is 5.75 Å². The molecular weight excluding hydrogens is 243 g/mol. The standard InChI is InChI=1S/C7H8BrFN2S/c1-2-12-4-6-10-3-5(8)7(9)11-6/h3H,2,4H2,1H3. The first-order valence-electron chi connectivity index (χ1n) is 3.48. The normalized spacial score (nSPS) is 10.2. The van der Waals surface area contributed by atoms with Gasteiger partial charge in [-0.1, -0.05) is 6.92 Å². The minimum Gasteiger partial charge on any atom is -0.239 e. The second kappa shape index (κ2) is 4.77. The van der Waals surface area contributed by atoms with Crippen LogP contribution in [0.15, 0.2) is 10.7 Å². The van der Waals surface area contributed by atoms with Crippen LogP contribution in [0.4, 0.5) is 4.39 Å². The van der Waals surface area contributed by atoms with Gasteiger partial charge >= 0.3 is 0 Å². The summed E-state index contributed by atoms with van der Waals surface area (Å²) in [5.41, 5.74) is 0. The molecule has 0 bridgehead atoms. The maximum absolute atomic E-state index is 12.8. The molecule has 0 spiro atoms. The maximum Gasteiger partial charge on any atom is 0.230 e. The van der Waals surface area contributed by atoms with E-state index < -0.39 is 5.95 Å². The average molecular weight is 251 g/mol. The van der Waals surface area contributed by atoms with Crippen molar-refractivity contribution in [2.45, 2.75) is 12.7 Å². The highest BCUT2D eigenvalue weighted by Gasteiger charge is 2.02. The topological polar surface area (TPSA) is 25.8 Å². The Bertz CT molecular complexity index is 270.